The summed E-state index contributed by atoms with van der Waals surface area (Å²) in [5.41, 5.74) is 3.56. The van der Waals surface area contributed by atoms with Crippen molar-refractivity contribution < 1.29 is 14.3 Å². The molecule has 5 rings (SSSR count). The molecule has 0 saturated carbocycles. The zero-order valence-corrected chi connectivity index (χ0v) is 24.5. The van der Waals surface area contributed by atoms with E-state index in [1.54, 1.807) is 17.1 Å². The quantitative estimate of drug-likeness (QED) is 0.295. The van der Waals surface area contributed by atoms with Gasteiger partial charge in [-0.3, -0.25) is 14.4 Å². The Bertz CT molecular complexity index is 1530. The molecule has 1 aromatic carbocycles. The Kier molecular flexibility index (Phi) is 7.76. The summed E-state index contributed by atoms with van der Waals surface area (Å²) in [6.45, 7) is 11.5. The van der Waals surface area contributed by atoms with Crippen LogP contribution in [0.5, 0.6) is 0 Å². The summed E-state index contributed by atoms with van der Waals surface area (Å²) in [5.74, 6) is 0.792. The molecule has 4 heterocycles. The fourth-order valence-corrected chi connectivity index (χ4v) is 5.15. The highest BCUT2D eigenvalue weighted by Gasteiger charge is 2.30. The fraction of sp³-hybridized carbons (Fsp3) is 0.467. The first-order valence-corrected chi connectivity index (χ1v) is 13.9. The molecule has 4 aromatic rings. The summed E-state index contributed by atoms with van der Waals surface area (Å²) in [5, 5.41) is 26.1. The van der Waals surface area contributed by atoms with Crippen LogP contribution in [0, 0.1) is 0 Å². The Morgan fingerprint density at radius 1 is 1.17 bits per heavy atom. The average Bonchev–Trinajstić information content (AvgIpc) is 3.52. The summed E-state index contributed by atoms with van der Waals surface area (Å²) < 4.78 is 7.46. The molecular weight excluding hydrogens is 520 g/mol. The van der Waals surface area contributed by atoms with E-state index in [2.05, 4.69) is 42.6 Å². The number of β-amino-alcohol motifs (C(OH)–C–C–N with tert-alkyl or cyclic N) is 1. The van der Waals surface area contributed by atoms with E-state index in [0.29, 0.717) is 24.9 Å². The molecule has 11 heteroatoms. The zero-order chi connectivity index (χ0) is 29.4. The molecule has 216 valence electrons. The Balaban J connectivity index is 1.43. The van der Waals surface area contributed by atoms with Crippen molar-refractivity contribution in [1.29, 1.82) is 0 Å². The van der Waals surface area contributed by atoms with Gasteiger partial charge in [-0.05, 0) is 56.0 Å². The van der Waals surface area contributed by atoms with Crippen molar-refractivity contribution in [2.75, 3.05) is 18.4 Å². The Labute approximate surface area is 240 Å². The molecular formula is C30H38N8O3. The maximum atomic E-state index is 13.3. The van der Waals surface area contributed by atoms with Crippen LogP contribution < -0.4 is 5.32 Å². The van der Waals surface area contributed by atoms with E-state index in [-0.39, 0.29) is 29.4 Å². The topological polar surface area (TPSA) is 135 Å². The van der Waals surface area contributed by atoms with Gasteiger partial charge < -0.3 is 14.8 Å². The number of nitrogens with zero attached hydrogens (tertiary/aromatic N) is 7. The molecule has 1 aliphatic heterocycles. The molecule has 3 aromatic heterocycles. The van der Waals surface area contributed by atoms with E-state index in [1.807, 2.05) is 60.0 Å². The van der Waals surface area contributed by atoms with E-state index in [0.717, 1.165) is 41.0 Å². The molecule has 0 radical (unpaired) electrons. The second kappa shape index (κ2) is 11.1. The molecule has 0 fully saturated rings. The minimum atomic E-state index is -0.847. The summed E-state index contributed by atoms with van der Waals surface area (Å²) in [7, 11) is 1.85. The summed E-state index contributed by atoms with van der Waals surface area (Å²) >= 11 is 0. The molecule has 0 bridgehead atoms. The molecule has 0 saturated heterocycles. The van der Waals surface area contributed by atoms with Crippen LogP contribution in [-0.4, -0.2) is 64.4 Å². The van der Waals surface area contributed by atoms with Crippen LogP contribution in [0.4, 0.5) is 11.6 Å². The van der Waals surface area contributed by atoms with Crippen LogP contribution in [0.25, 0.3) is 11.3 Å². The lowest BCUT2D eigenvalue weighted by Gasteiger charge is -2.28. The first kappa shape index (κ1) is 28.6. The molecule has 0 aliphatic carbocycles. The molecule has 0 amide bonds. The number of ketones is 1. The number of aromatic nitrogens is 6. The van der Waals surface area contributed by atoms with E-state index < -0.39 is 5.60 Å². The number of fused-ring (bicyclic) bond motifs is 1. The third-order valence-electron chi connectivity index (χ3n) is 7.03. The largest absolute Gasteiger partial charge is 0.418 e. The van der Waals surface area contributed by atoms with Gasteiger partial charge in [-0.2, -0.15) is 5.10 Å². The maximum Gasteiger partial charge on any atom is 0.284 e. The molecule has 41 heavy (non-hydrogen) atoms. The van der Waals surface area contributed by atoms with Crippen LogP contribution in [0.15, 0.2) is 47.3 Å². The van der Waals surface area contributed by atoms with E-state index >= 15 is 0 Å². The van der Waals surface area contributed by atoms with Crippen LogP contribution in [-0.2, 0) is 19.0 Å². The van der Waals surface area contributed by atoms with Crippen molar-refractivity contribution >= 4 is 17.4 Å². The zero-order valence-electron chi connectivity index (χ0n) is 24.5. The van der Waals surface area contributed by atoms with Crippen molar-refractivity contribution in [1.82, 2.24) is 34.8 Å². The Morgan fingerprint density at radius 3 is 2.66 bits per heavy atom. The Hall–Kier alpha value is -3.96. The number of hydrogen-bond acceptors (Lipinski definition) is 10. The number of aliphatic hydroxyl groups is 1. The van der Waals surface area contributed by atoms with Crippen molar-refractivity contribution in [3.8, 4) is 11.3 Å². The number of Topliss-reactive ketones (excluding diaryl/α,β-unsaturated/α-hetero) is 1. The number of anilines is 2. The molecule has 1 aliphatic rings. The van der Waals surface area contributed by atoms with Crippen molar-refractivity contribution in [2.45, 2.75) is 70.9 Å². The molecule has 2 N–H and O–H groups in total. The van der Waals surface area contributed by atoms with Crippen LogP contribution >= 0.6 is 0 Å². The monoisotopic (exact) mass is 558 g/mol. The third kappa shape index (κ3) is 7.04. The highest BCUT2D eigenvalue weighted by molar-refractivity contribution is 5.92. The van der Waals surface area contributed by atoms with Gasteiger partial charge in [0.2, 0.25) is 17.6 Å². The van der Waals surface area contributed by atoms with Crippen LogP contribution in [0.1, 0.15) is 81.1 Å². The van der Waals surface area contributed by atoms with Gasteiger partial charge >= 0.3 is 0 Å². The first-order valence-electron chi connectivity index (χ1n) is 13.9. The number of rotatable bonds is 8. The number of carbonyl (C=O) groups is 1. The normalized spacial score (nSPS) is 16.3. The van der Waals surface area contributed by atoms with E-state index in [9.17, 15) is 9.90 Å². The highest BCUT2D eigenvalue weighted by Crippen LogP contribution is 2.35. The van der Waals surface area contributed by atoms with Crippen LogP contribution in [0.2, 0.25) is 0 Å². The molecule has 0 spiro atoms. The minimum absolute atomic E-state index is 0.0310. The van der Waals surface area contributed by atoms with Gasteiger partial charge in [0.05, 0.1) is 23.2 Å². The third-order valence-corrected chi connectivity index (χ3v) is 7.03. The summed E-state index contributed by atoms with van der Waals surface area (Å²) in [4.78, 5) is 24.6. The molecule has 0 unspecified atom stereocenters. The number of aryl methyl sites for hydroxylation is 1. The standard InChI is InChI=1S/C30H38N8O3/c1-29(2,3)27-36-35-26(41-27)25(39)14-19-10-12-38(18-30(4,5)40)16-21-13-20(7-8-23(19)21)24-9-11-31-28(34-24)33-22-15-32-37(6)17-22/h7-9,11,13,15,17,19,40H,10,12,14,16,18H2,1-6H3,(H,31,33,34)/t19-/m0/s1. The van der Waals surface area contributed by atoms with Gasteiger partial charge in [-0.15, -0.1) is 10.2 Å². The van der Waals surface area contributed by atoms with Crippen molar-refractivity contribution in [2.24, 2.45) is 7.05 Å². The second-order valence-electron chi connectivity index (χ2n) is 12.5. The summed E-state index contributed by atoms with van der Waals surface area (Å²) in [6, 6.07) is 8.16. The smallest absolute Gasteiger partial charge is 0.284 e. The fourth-order valence-electron chi connectivity index (χ4n) is 5.15. The van der Waals surface area contributed by atoms with Gasteiger partial charge in [0.15, 0.2) is 0 Å². The van der Waals surface area contributed by atoms with E-state index in [4.69, 9.17) is 9.40 Å². The SMILES string of the molecule is Cn1cc(Nc2nccc(-c3ccc4c(c3)CN(CC(C)(C)O)CC[C@H]4CC(=O)c3nnc(C(C)(C)C)o3)n2)cn1. The minimum Gasteiger partial charge on any atom is -0.418 e. The van der Waals surface area contributed by atoms with Gasteiger partial charge in [0.25, 0.3) is 5.89 Å². The number of carbonyl (C=O) groups excluding carboxylic acids is 1. The highest BCUT2D eigenvalue weighted by atomic mass is 16.4. The lowest BCUT2D eigenvalue weighted by atomic mass is 9.87. The summed E-state index contributed by atoms with van der Waals surface area (Å²) in [6.07, 6.45) is 6.33. The van der Waals surface area contributed by atoms with Crippen molar-refractivity contribution in [3.05, 3.63) is 65.8 Å². The van der Waals surface area contributed by atoms with Gasteiger partial charge in [0.1, 0.15) is 0 Å². The molecule has 1 atom stereocenters. The maximum absolute atomic E-state index is 13.3. The lowest BCUT2D eigenvalue weighted by molar-refractivity contribution is 0.0335. The Morgan fingerprint density at radius 2 is 1.98 bits per heavy atom. The van der Waals surface area contributed by atoms with E-state index in [1.165, 1.54) is 0 Å². The average molecular weight is 559 g/mol. The lowest BCUT2D eigenvalue weighted by Crippen LogP contribution is -2.38. The second-order valence-corrected chi connectivity index (χ2v) is 12.5. The van der Waals surface area contributed by atoms with Crippen LogP contribution in [0.3, 0.4) is 0 Å². The predicted octanol–water partition coefficient (Wildman–Crippen LogP) is 4.63. The number of nitrogens with one attached hydrogen (secondary N) is 1. The molecule has 11 nitrogen and oxygen atoms in total. The van der Waals surface area contributed by atoms with Gasteiger partial charge in [-0.25, -0.2) is 9.97 Å². The van der Waals surface area contributed by atoms with Crippen molar-refractivity contribution in [3.63, 3.8) is 0 Å². The number of benzene rings is 1. The van der Waals surface area contributed by atoms with Gasteiger partial charge in [0, 0.05) is 49.9 Å². The first-order chi connectivity index (χ1) is 19.3. The predicted molar refractivity (Wildman–Crippen MR) is 155 cm³/mol. The number of hydrogen-bond donors (Lipinski definition) is 2. The van der Waals surface area contributed by atoms with Gasteiger partial charge in [-0.1, -0.05) is 32.9 Å².